The first-order valence-corrected chi connectivity index (χ1v) is 5.23. The van der Waals surface area contributed by atoms with Gasteiger partial charge in [0.05, 0.1) is 33.0 Å². The zero-order chi connectivity index (χ0) is 11.4. The molecule has 5 heteroatoms. The third-order valence-corrected chi connectivity index (χ3v) is 1.58. The Morgan fingerprint density at radius 1 is 1.13 bits per heavy atom. The van der Waals surface area contributed by atoms with Crippen LogP contribution in [0, 0.1) is 0 Å². The van der Waals surface area contributed by atoms with Crippen LogP contribution in [0.3, 0.4) is 0 Å². The van der Waals surface area contributed by atoms with Gasteiger partial charge in [-0.25, -0.2) is 0 Å². The Kier molecular flexibility index (Phi) is 10.9. The summed E-state index contributed by atoms with van der Waals surface area (Å²) in [5, 5.41) is 8.40. The molecule has 0 saturated heterocycles. The molecule has 0 aromatic rings. The first kappa shape index (κ1) is 14.3. The summed E-state index contributed by atoms with van der Waals surface area (Å²) in [4.78, 5) is 10.9. The highest BCUT2D eigenvalue weighted by molar-refractivity contribution is 5.69. The Labute approximate surface area is 90.3 Å². The summed E-state index contributed by atoms with van der Waals surface area (Å²) in [6.45, 7) is 4.07. The maximum absolute atomic E-state index is 10.9. The number of rotatable bonds is 10. The summed E-state index contributed by atoms with van der Waals surface area (Å²) in [6, 6.07) is 0. The van der Waals surface area contributed by atoms with E-state index in [1.54, 1.807) is 6.92 Å². The molecule has 0 aliphatic rings. The monoisotopic (exact) mass is 220 g/mol. The molecule has 0 heterocycles. The topological polar surface area (TPSA) is 65.0 Å². The first-order valence-electron chi connectivity index (χ1n) is 5.23. The van der Waals surface area contributed by atoms with Crippen LogP contribution < -0.4 is 0 Å². The molecule has 0 bridgehead atoms. The predicted molar refractivity (Wildman–Crippen MR) is 54.6 cm³/mol. The molecule has 0 aliphatic heterocycles. The molecular weight excluding hydrogens is 200 g/mol. The highest BCUT2D eigenvalue weighted by Crippen LogP contribution is 1.93. The Morgan fingerprint density at radius 3 is 2.40 bits per heavy atom. The summed E-state index contributed by atoms with van der Waals surface area (Å²) in [5.41, 5.74) is 0. The molecule has 0 amide bonds. The van der Waals surface area contributed by atoms with E-state index in [-0.39, 0.29) is 12.6 Å². The van der Waals surface area contributed by atoms with Crippen LogP contribution in [0.1, 0.15) is 19.8 Å². The van der Waals surface area contributed by atoms with Gasteiger partial charge in [-0.1, -0.05) is 0 Å². The maximum atomic E-state index is 10.9. The van der Waals surface area contributed by atoms with Gasteiger partial charge in [-0.2, -0.15) is 0 Å². The standard InChI is InChI=1S/C10H20O5/c1-2-15-10(12)4-3-6-13-8-9-14-7-5-11/h11H,2-9H2,1H3. The molecule has 0 aliphatic carbocycles. The summed E-state index contributed by atoms with van der Waals surface area (Å²) in [5.74, 6) is -0.183. The van der Waals surface area contributed by atoms with Crippen LogP contribution in [-0.2, 0) is 19.0 Å². The lowest BCUT2D eigenvalue weighted by Gasteiger charge is -2.04. The quantitative estimate of drug-likeness (QED) is 0.425. The molecule has 0 unspecified atom stereocenters. The Hall–Kier alpha value is -0.650. The number of esters is 1. The fourth-order valence-corrected chi connectivity index (χ4v) is 0.938. The number of carbonyl (C=O) groups excluding carboxylic acids is 1. The summed E-state index contributed by atoms with van der Waals surface area (Å²) in [6.07, 6.45) is 1.06. The van der Waals surface area contributed by atoms with Gasteiger partial charge in [-0.15, -0.1) is 0 Å². The molecular formula is C10H20O5. The zero-order valence-electron chi connectivity index (χ0n) is 9.24. The molecule has 0 fully saturated rings. The Balaban J connectivity index is 3.01. The number of ether oxygens (including phenoxy) is 3. The smallest absolute Gasteiger partial charge is 0.305 e. The van der Waals surface area contributed by atoms with Crippen LogP contribution in [0.15, 0.2) is 0 Å². The molecule has 0 spiro atoms. The number of aliphatic hydroxyl groups is 1. The van der Waals surface area contributed by atoms with E-state index in [1.165, 1.54) is 0 Å². The van der Waals surface area contributed by atoms with Crippen molar-refractivity contribution in [3.63, 3.8) is 0 Å². The fourth-order valence-electron chi connectivity index (χ4n) is 0.938. The molecule has 90 valence electrons. The van der Waals surface area contributed by atoms with Crippen LogP contribution in [0.2, 0.25) is 0 Å². The lowest BCUT2D eigenvalue weighted by molar-refractivity contribution is -0.143. The molecule has 0 aromatic heterocycles. The number of hydrogen-bond acceptors (Lipinski definition) is 5. The van der Waals surface area contributed by atoms with Crippen molar-refractivity contribution in [2.45, 2.75) is 19.8 Å². The van der Waals surface area contributed by atoms with E-state index in [0.29, 0.717) is 45.9 Å². The van der Waals surface area contributed by atoms with Crippen molar-refractivity contribution in [1.82, 2.24) is 0 Å². The molecule has 1 N–H and O–H groups in total. The first-order chi connectivity index (χ1) is 7.31. The van der Waals surface area contributed by atoms with Gasteiger partial charge in [-0.05, 0) is 13.3 Å². The summed E-state index contributed by atoms with van der Waals surface area (Å²) in [7, 11) is 0. The predicted octanol–water partition coefficient (Wildman–Crippen LogP) is 0.355. The lowest BCUT2D eigenvalue weighted by atomic mass is 10.3. The normalized spacial score (nSPS) is 10.3. The van der Waals surface area contributed by atoms with Crippen LogP contribution in [0.5, 0.6) is 0 Å². The summed E-state index contributed by atoms with van der Waals surface area (Å²) >= 11 is 0. The van der Waals surface area contributed by atoms with Gasteiger partial charge in [0.25, 0.3) is 0 Å². The van der Waals surface area contributed by atoms with Crippen molar-refractivity contribution >= 4 is 5.97 Å². The highest BCUT2D eigenvalue weighted by atomic mass is 16.5. The maximum Gasteiger partial charge on any atom is 0.305 e. The average Bonchev–Trinajstić information content (AvgIpc) is 2.22. The van der Waals surface area contributed by atoms with Gasteiger partial charge in [-0.3, -0.25) is 4.79 Å². The van der Waals surface area contributed by atoms with E-state index >= 15 is 0 Å². The highest BCUT2D eigenvalue weighted by Gasteiger charge is 2.00. The van der Waals surface area contributed by atoms with Gasteiger partial charge in [0.1, 0.15) is 0 Å². The molecule has 0 saturated carbocycles. The third kappa shape index (κ3) is 11.3. The number of aliphatic hydroxyl groups excluding tert-OH is 1. The Bertz CT molecular complexity index is 149. The van der Waals surface area contributed by atoms with Crippen molar-refractivity contribution in [2.24, 2.45) is 0 Å². The van der Waals surface area contributed by atoms with Gasteiger partial charge in [0.15, 0.2) is 0 Å². The fraction of sp³-hybridized carbons (Fsp3) is 0.900. The van der Waals surface area contributed by atoms with Crippen LogP contribution in [0.4, 0.5) is 0 Å². The minimum atomic E-state index is -0.183. The molecule has 15 heavy (non-hydrogen) atoms. The Morgan fingerprint density at radius 2 is 1.80 bits per heavy atom. The van der Waals surface area contributed by atoms with Crippen molar-refractivity contribution in [3.8, 4) is 0 Å². The van der Waals surface area contributed by atoms with Crippen molar-refractivity contribution in [1.29, 1.82) is 0 Å². The van der Waals surface area contributed by atoms with E-state index < -0.39 is 0 Å². The molecule has 0 radical (unpaired) electrons. The van der Waals surface area contributed by atoms with E-state index in [2.05, 4.69) is 0 Å². The van der Waals surface area contributed by atoms with E-state index in [0.717, 1.165) is 0 Å². The largest absolute Gasteiger partial charge is 0.466 e. The molecule has 0 atom stereocenters. The minimum absolute atomic E-state index is 0.0306. The minimum Gasteiger partial charge on any atom is -0.466 e. The van der Waals surface area contributed by atoms with Crippen molar-refractivity contribution in [2.75, 3.05) is 39.6 Å². The molecule has 5 nitrogen and oxygen atoms in total. The number of hydrogen-bond donors (Lipinski definition) is 1. The number of carbonyl (C=O) groups is 1. The molecule has 0 rings (SSSR count). The summed E-state index contributed by atoms with van der Waals surface area (Å²) < 4.78 is 14.9. The van der Waals surface area contributed by atoms with E-state index in [4.69, 9.17) is 19.3 Å². The van der Waals surface area contributed by atoms with Crippen LogP contribution in [-0.4, -0.2) is 50.7 Å². The second-order valence-electron chi connectivity index (χ2n) is 2.86. The third-order valence-electron chi connectivity index (χ3n) is 1.58. The van der Waals surface area contributed by atoms with Crippen molar-refractivity contribution < 1.29 is 24.1 Å². The lowest BCUT2D eigenvalue weighted by Crippen LogP contribution is -2.09. The molecule has 0 aromatic carbocycles. The average molecular weight is 220 g/mol. The second-order valence-corrected chi connectivity index (χ2v) is 2.86. The van der Waals surface area contributed by atoms with Crippen molar-refractivity contribution in [3.05, 3.63) is 0 Å². The van der Waals surface area contributed by atoms with E-state index in [9.17, 15) is 4.79 Å². The van der Waals surface area contributed by atoms with Gasteiger partial charge >= 0.3 is 5.97 Å². The van der Waals surface area contributed by atoms with Gasteiger partial charge in [0.2, 0.25) is 0 Å². The van der Waals surface area contributed by atoms with Crippen LogP contribution >= 0.6 is 0 Å². The van der Waals surface area contributed by atoms with Gasteiger partial charge < -0.3 is 19.3 Å². The van der Waals surface area contributed by atoms with Crippen LogP contribution in [0.25, 0.3) is 0 Å². The zero-order valence-corrected chi connectivity index (χ0v) is 9.24. The van der Waals surface area contributed by atoms with E-state index in [1.807, 2.05) is 0 Å². The van der Waals surface area contributed by atoms with Gasteiger partial charge in [0, 0.05) is 13.0 Å². The second kappa shape index (κ2) is 11.4. The SMILES string of the molecule is CCOC(=O)CCCOCCOCCO.